The predicted molar refractivity (Wildman–Crippen MR) is 57.2 cm³/mol. The molecule has 1 aliphatic rings. The molecule has 0 aromatic heterocycles. The maximum atomic E-state index is 11.7. The Kier molecular flexibility index (Phi) is 3.92. The Balaban J connectivity index is 2.68. The first-order chi connectivity index (χ1) is 6.57. The van der Waals surface area contributed by atoms with Crippen molar-refractivity contribution in [2.24, 2.45) is 0 Å². The fraction of sp³-hybridized carbons (Fsp3) is 0.778. The van der Waals surface area contributed by atoms with Crippen LogP contribution in [0.2, 0.25) is 0 Å². The molecular weight excluding hydrogens is 248 g/mol. The van der Waals surface area contributed by atoms with Gasteiger partial charge in [-0.05, 0) is 12.8 Å². The molecule has 1 rings (SSSR count). The van der Waals surface area contributed by atoms with Crippen LogP contribution in [0.5, 0.6) is 0 Å². The summed E-state index contributed by atoms with van der Waals surface area (Å²) in [7, 11) is 3.44. The van der Waals surface area contributed by atoms with Crippen molar-refractivity contribution >= 4 is 27.7 Å². The lowest BCUT2D eigenvalue weighted by Gasteiger charge is -2.25. The minimum absolute atomic E-state index is 0.00250. The summed E-state index contributed by atoms with van der Waals surface area (Å²) in [6.45, 7) is 0.703. The Hall–Kier alpha value is -0.580. The first-order valence-electron chi connectivity index (χ1n) is 4.64. The van der Waals surface area contributed by atoms with Crippen LogP contribution in [0.1, 0.15) is 12.8 Å². The van der Waals surface area contributed by atoms with Gasteiger partial charge in [0.2, 0.25) is 11.8 Å². The molecule has 14 heavy (non-hydrogen) atoms. The zero-order valence-corrected chi connectivity index (χ0v) is 10.1. The standard InChI is InChI=1S/C9H15BrN2O2/c1-11(2)9(14)7-4-3-5-12(7)8(13)6-10/h7H,3-6H2,1-2H3/t7-/m1/s1. The molecule has 1 heterocycles. The van der Waals surface area contributed by atoms with Gasteiger partial charge in [0.25, 0.3) is 0 Å². The molecule has 0 saturated carbocycles. The predicted octanol–water partition coefficient (Wildman–Crippen LogP) is 0.460. The molecule has 5 heteroatoms. The Morgan fingerprint density at radius 2 is 2.14 bits per heavy atom. The second-order valence-corrected chi connectivity index (χ2v) is 4.17. The monoisotopic (exact) mass is 262 g/mol. The van der Waals surface area contributed by atoms with Gasteiger partial charge in [-0.1, -0.05) is 15.9 Å². The van der Waals surface area contributed by atoms with Crippen LogP contribution in [0.4, 0.5) is 0 Å². The van der Waals surface area contributed by atoms with E-state index < -0.39 is 0 Å². The van der Waals surface area contributed by atoms with Gasteiger partial charge in [0.15, 0.2) is 0 Å². The summed E-state index contributed by atoms with van der Waals surface area (Å²) in [6, 6.07) is -0.241. The van der Waals surface area contributed by atoms with E-state index in [0.29, 0.717) is 11.9 Å². The number of rotatable bonds is 2. The van der Waals surface area contributed by atoms with Gasteiger partial charge < -0.3 is 9.80 Å². The lowest BCUT2D eigenvalue weighted by atomic mass is 10.2. The van der Waals surface area contributed by atoms with Crippen molar-refractivity contribution in [2.45, 2.75) is 18.9 Å². The van der Waals surface area contributed by atoms with Crippen molar-refractivity contribution in [3.8, 4) is 0 Å². The summed E-state index contributed by atoms with van der Waals surface area (Å²) in [4.78, 5) is 26.4. The molecule has 1 fully saturated rings. The molecule has 0 unspecified atom stereocenters. The van der Waals surface area contributed by atoms with Crippen LogP contribution in [-0.2, 0) is 9.59 Å². The minimum Gasteiger partial charge on any atom is -0.347 e. The highest BCUT2D eigenvalue weighted by Crippen LogP contribution is 2.19. The van der Waals surface area contributed by atoms with Gasteiger partial charge in [-0.2, -0.15) is 0 Å². The number of nitrogens with zero attached hydrogens (tertiary/aromatic N) is 2. The second-order valence-electron chi connectivity index (χ2n) is 3.61. The Bertz CT molecular complexity index is 243. The van der Waals surface area contributed by atoms with E-state index in [0.717, 1.165) is 12.8 Å². The third-order valence-corrected chi connectivity index (χ3v) is 2.89. The van der Waals surface area contributed by atoms with Crippen LogP contribution < -0.4 is 0 Å². The van der Waals surface area contributed by atoms with E-state index in [9.17, 15) is 9.59 Å². The largest absolute Gasteiger partial charge is 0.347 e. The highest BCUT2D eigenvalue weighted by molar-refractivity contribution is 9.09. The molecule has 0 radical (unpaired) electrons. The summed E-state index contributed by atoms with van der Waals surface area (Å²) >= 11 is 3.12. The molecule has 1 aliphatic heterocycles. The van der Waals surface area contributed by atoms with Crippen molar-refractivity contribution in [1.29, 1.82) is 0 Å². The van der Waals surface area contributed by atoms with E-state index in [-0.39, 0.29) is 17.9 Å². The van der Waals surface area contributed by atoms with Gasteiger partial charge in [0, 0.05) is 20.6 Å². The zero-order chi connectivity index (χ0) is 10.7. The van der Waals surface area contributed by atoms with Crippen LogP contribution in [0.15, 0.2) is 0 Å². The fourth-order valence-corrected chi connectivity index (χ4v) is 2.02. The number of hydrogen-bond acceptors (Lipinski definition) is 2. The molecule has 1 saturated heterocycles. The average Bonchev–Trinajstić information content (AvgIpc) is 2.63. The molecule has 2 amide bonds. The number of carbonyl (C=O) groups excluding carboxylic acids is 2. The van der Waals surface area contributed by atoms with E-state index in [2.05, 4.69) is 15.9 Å². The third kappa shape index (κ3) is 2.26. The second kappa shape index (κ2) is 4.77. The lowest BCUT2D eigenvalue weighted by Crippen LogP contribution is -2.45. The summed E-state index contributed by atoms with van der Waals surface area (Å²) in [5, 5.41) is 0.296. The number of likely N-dealkylation sites (tertiary alicyclic amines) is 1. The van der Waals surface area contributed by atoms with E-state index in [4.69, 9.17) is 0 Å². The van der Waals surface area contributed by atoms with E-state index in [1.807, 2.05) is 0 Å². The highest BCUT2D eigenvalue weighted by atomic mass is 79.9. The maximum Gasteiger partial charge on any atom is 0.244 e. The summed E-state index contributed by atoms with van der Waals surface area (Å²) < 4.78 is 0. The van der Waals surface area contributed by atoms with Crippen molar-refractivity contribution in [1.82, 2.24) is 9.80 Å². The van der Waals surface area contributed by atoms with Crippen molar-refractivity contribution in [3.63, 3.8) is 0 Å². The number of halogens is 1. The summed E-state index contributed by atoms with van der Waals surface area (Å²) in [5.74, 6) is 0.0273. The van der Waals surface area contributed by atoms with Crippen LogP contribution in [0.25, 0.3) is 0 Å². The quantitative estimate of drug-likeness (QED) is 0.679. The van der Waals surface area contributed by atoms with Crippen molar-refractivity contribution < 1.29 is 9.59 Å². The average molecular weight is 263 g/mol. The number of alkyl halides is 1. The molecular formula is C9H15BrN2O2. The molecule has 80 valence electrons. The Labute approximate surface area is 92.4 Å². The Morgan fingerprint density at radius 1 is 1.50 bits per heavy atom. The SMILES string of the molecule is CN(C)C(=O)[C@H]1CCCN1C(=O)CBr. The number of amides is 2. The first kappa shape index (κ1) is 11.5. The molecule has 0 N–H and O–H groups in total. The van der Waals surface area contributed by atoms with Crippen LogP contribution in [0.3, 0.4) is 0 Å². The summed E-state index contributed by atoms with van der Waals surface area (Å²) in [6.07, 6.45) is 1.71. The molecule has 0 spiro atoms. The molecule has 0 bridgehead atoms. The minimum atomic E-state index is -0.241. The van der Waals surface area contributed by atoms with Crippen molar-refractivity contribution in [2.75, 3.05) is 26.0 Å². The molecule has 0 aromatic rings. The number of likely N-dealkylation sites (N-methyl/N-ethyl adjacent to an activating group) is 1. The van der Waals surface area contributed by atoms with Gasteiger partial charge >= 0.3 is 0 Å². The van der Waals surface area contributed by atoms with Crippen molar-refractivity contribution in [3.05, 3.63) is 0 Å². The van der Waals surface area contributed by atoms with Gasteiger partial charge in [-0.25, -0.2) is 0 Å². The molecule has 1 atom stereocenters. The van der Waals surface area contributed by atoms with Gasteiger partial charge in [-0.15, -0.1) is 0 Å². The Morgan fingerprint density at radius 3 is 2.64 bits per heavy atom. The third-order valence-electron chi connectivity index (χ3n) is 2.41. The van der Waals surface area contributed by atoms with Gasteiger partial charge in [0.05, 0.1) is 5.33 Å². The van der Waals surface area contributed by atoms with Crippen LogP contribution >= 0.6 is 15.9 Å². The number of hydrogen-bond donors (Lipinski definition) is 0. The smallest absolute Gasteiger partial charge is 0.244 e. The van der Waals surface area contributed by atoms with E-state index in [1.54, 1.807) is 23.9 Å². The molecule has 0 aromatic carbocycles. The highest BCUT2D eigenvalue weighted by Gasteiger charge is 2.34. The normalized spacial score (nSPS) is 21.1. The first-order valence-corrected chi connectivity index (χ1v) is 5.76. The lowest BCUT2D eigenvalue weighted by molar-refractivity contribution is -0.140. The molecule has 4 nitrogen and oxygen atoms in total. The maximum absolute atomic E-state index is 11.7. The zero-order valence-electron chi connectivity index (χ0n) is 8.49. The summed E-state index contributed by atoms with van der Waals surface area (Å²) in [5.41, 5.74) is 0. The van der Waals surface area contributed by atoms with E-state index >= 15 is 0 Å². The van der Waals surface area contributed by atoms with Gasteiger partial charge in [0.1, 0.15) is 6.04 Å². The molecule has 0 aliphatic carbocycles. The van der Waals surface area contributed by atoms with Crippen LogP contribution in [0, 0.1) is 0 Å². The van der Waals surface area contributed by atoms with Crippen LogP contribution in [-0.4, -0.2) is 53.6 Å². The number of carbonyl (C=O) groups is 2. The topological polar surface area (TPSA) is 40.6 Å². The van der Waals surface area contributed by atoms with E-state index in [1.165, 1.54) is 0 Å². The fourth-order valence-electron chi connectivity index (χ4n) is 1.70. The van der Waals surface area contributed by atoms with Gasteiger partial charge in [-0.3, -0.25) is 9.59 Å².